The van der Waals surface area contributed by atoms with Crippen LogP contribution in [0.2, 0.25) is 0 Å². The Balaban J connectivity index is 1.95. The van der Waals surface area contributed by atoms with Crippen LogP contribution < -0.4 is 10.0 Å². The van der Waals surface area contributed by atoms with Gasteiger partial charge in [0.25, 0.3) is 0 Å². The molecular weight excluding hydrogens is 304 g/mol. The lowest BCUT2D eigenvalue weighted by Crippen LogP contribution is -2.36. The summed E-state index contributed by atoms with van der Waals surface area (Å²) in [6.07, 6.45) is 0. The molecule has 2 N–H and O–H groups in total. The zero-order chi connectivity index (χ0) is 14.9. The van der Waals surface area contributed by atoms with Crippen molar-refractivity contribution in [3.8, 4) is 0 Å². The van der Waals surface area contributed by atoms with Crippen LogP contribution in [0.4, 0.5) is 11.4 Å². The van der Waals surface area contributed by atoms with Crippen LogP contribution in [0.15, 0.2) is 53.4 Å². The molecule has 0 fully saturated rings. The van der Waals surface area contributed by atoms with Crippen molar-refractivity contribution in [2.24, 2.45) is 0 Å². The molecule has 2 aromatic carbocycles. The lowest BCUT2D eigenvalue weighted by Gasteiger charge is -2.30. The predicted molar refractivity (Wildman–Crippen MR) is 88.0 cm³/mol. The Morgan fingerprint density at radius 1 is 1.10 bits per heavy atom. The number of thioether (sulfide) groups is 1. The third-order valence-corrected chi connectivity index (χ3v) is 6.18. The Hall–Kier alpha value is -1.66. The third-order valence-electron chi connectivity index (χ3n) is 3.41. The number of nitrogen functional groups attached to an aromatic ring is 1. The zero-order valence-electron chi connectivity index (χ0n) is 11.4. The minimum absolute atomic E-state index is 0.0708. The van der Waals surface area contributed by atoms with Gasteiger partial charge in [0, 0.05) is 22.9 Å². The molecule has 4 nitrogen and oxygen atoms in total. The van der Waals surface area contributed by atoms with Gasteiger partial charge < -0.3 is 5.73 Å². The summed E-state index contributed by atoms with van der Waals surface area (Å²) in [5, 5.41) is 0. The molecule has 0 spiro atoms. The molecule has 21 heavy (non-hydrogen) atoms. The summed E-state index contributed by atoms with van der Waals surface area (Å²) in [7, 11) is -3.43. The maximum atomic E-state index is 12.7. The second-order valence-corrected chi connectivity index (χ2v) is 7.87. The first kappa shape index (κ1) is 14.3. The monoisotopic (exact) mass is 320 g/mol. The third kappa shape index (κ3) is 2.87. The number of rotatable bonds is 3. The fraction of sp³-hybridized carbons (Fsp3) is 0.200. The number of para-hydroxylation sites is 2. The second kappa shape index (κ2) is 5.61. The van der Waals surface area contributed by atoms with E-state index >= 15 is 0 Å². The number of benzene rings is 2. The van der Waals surface area contributed by atoms with E-state index in [1.54, 1.807) is 36.0 Å². The number of anilines is 2. The van der Waals surface area contributed by atoms with E-state index in [0.717, 1.165) is 16.3 Å². The Kier molecular flexibility index (Phi) is 3.82. The first-order valence-electron chi connectivity index (χ1n) is 6.63. The fourth-order valence-corrected chi connectivity index (χ4v) is 5.18. The van der Waals surface area contributed by atoms with Crippen molar-refractivity contribution in [2.75, 3.05) is 22.3 Å². The first-order chi connectivity index (χ1) is 10.1. The van der Waals surface area contributed by atoms with Crippen LogP contribution in [0.3, 0.4) is 0 Å². The molecule has 0 saturated carbocycles. The summed E-state index contributed by atoms with van der Waals surface area (Å²) in [4.78, 5) is 1.01. The highest BCUT2D eigenvalue weighted by atomic mass is 32.2. The van der Waals surface area contributed by atoms with Crippen LogP contribution in [-0.4, -0.2) is 20.7 Å². The average molecular weight is 320 g/mol. The molecule has 0 aromatic heterocycles. The maximum absolute atomic E-state index is 12.7. The van der Waals surface area contributed by atoms with Crippen molar-refractivity contribution in [2.45, 2.75) is 10.6 Å². The van der Waals surface area contributed by atoms with E-state index in [1.807, 2.05) is 24.3 Å². The summed E-state index contributed by atoms with van der Waals surface area (Å²) < 4.78 is 27.0. The predicted octanol–water partition coefficient (Wildman–Crippen LogP) is 2.71. The molecule has 6 heteroatoms. The van der Waals surface area contributed by atoms with Gasteiger partial charge in [0.2, 0.25) is 10.0 Å². The van der Waals surface area contributed by atoms with Gasteiger partial charge in [-0.05, 0) is 23.8 Å². The van der Waals surface area contributed by atoms with Gasteiger partial charge in [-0.15, -0.1) is 11.8 Å². The Morgan fingerprint density at radius 2 is 1.81 bits per heavy atom. The molecule has 2 aromatic rings. The van der Waals surface area contributed by atoms with E-state index < -0.39 is 10.0 Å². The van der Waals surface area contributed by atoms with Gasteiger partial charge in [-0.1, -0.05) is 30.3 Å². The topological polar surface area (TPSA) is 63.4 Å². The van der Waals surface area contributed by atoms with Crippen LogP contribution in [0.1, 0.15) is 5.56 Å². The van der Waals surface area contributed by atoms with Crippen LogP contribution in [0, 0.1) is 0 Å². The van der Waals surface area contributed by atoms with Crippen molar-refractivity contribution in [3.63, 3.8) is 0 Å². The Labute approximate surface area is 129 Å². The molecule has 1 aliphatic heterocycles. The number of nitrogens with two attached hydrogens (primary N) is 1. The van der Waals surface area contributed by atoms with E-state index in [4.69, 9.17) is 5.73 Å². The maximum Gasteiger partial charge on any atom is 0.239 e. The normalized spacial score (nSPS) is 14.8. The smallest absolute Gasteiger partial charge is 0.239 e. The van der Waals surface area contributed by atoms with E-state index in [0.29, 0.717) is 17.8 Å². The van der Waals surface area contributed by atoms with Crippen molar-refractivity contribution in [3.05, 3.63) is 54.1 Å². The van der Waals surface area contributed by atoms with Gasteiger partial charge >= 0.3 is 0 Å². The van der Waals surface area contributed by atoms with Gasteiger partial charge in [-0.25, -0.2) is 8.42 Å². The number of hydrogen-bond donors (Lipinski definition) is 1. The Bertz CT molecular complexity index is 760. The standard InChI is InChI=1S/C15H16N2O2S2/c16-13-6-2-1-5-12(13)11-21(18,19)17-9-10-20-15-8-4-3-7-14(15)17/h1-8H,9-11,16H2. The molecule has 0 atom stereocenters. The van der Waals surface area contributed by atoms with Crippen LogP contribution in [0.5, 0.6) is 0 Å². The lowest BCUT2D eigenvalue weighted by molar-refractivity contribution is 0.590. The Morgan fingerprint density at radius 3 is 2.62 bits per heavy atom. The van der Waals surface area contributed by atoms with E-state index in [2.05, 4.69) is 0 Å². The van der Waals surface area contributed by atoms with Crippen LogP contribution in [0.25, 0.3) is 0 Å². The van der Waals surface area contributed by atoms with Crippen LogP contribution >= 0.6 is 11.8 Å². The van der Waals surface area contributed by atoms with Crippen molar-refractivity contribution >= 4 is 33.2 Å². The fourth-order valence-electron chi connectivity index (χ4n) is 2.37. The molecular formula is C15H16N2O2S2. The average Bonchev–Trinajstić information content (AvgIpc) is 2.49. The van der Waals surface area contributed by atoms with Gasteiger partial charge in [0.05, 0.1) is 11.4 Å². The molecule has 0 saturated heterocycles. The molecule has 1 heterocycles. The molecule has 1 aliphatic rings. The quantitative estimate of drug-likeness (QED) is 0.883. The van der Waals surface area contributed by atoms with Crippen molar-refractivity contribution in [1.82, 2.24) is 0 Å². The first-order valence-corrected chi connectivity index (χ1v) is 9.23. The number of sulfonamides is 1. The highest BCUT2D eigenvalue weighted by Gasteiger charge is 2.28. The molecule has 0 amide bonds. The summed E-state index contributed by atoms with van der Waals surface area (Å²) >= 11 is 1.69. The summed E-state index contributed by atoms with van der Waals surface area (Å²) in [6.45, 7) is 0.497. The lowest BCUT2D eigenvalue weighted by atomic mass is 10.2. The SMILES string of the molecule is Nc1ccccc1CS(=O)(=O)N1CCSc2ccccc21. The van der Waals surface area contributed by atoms with E-state index in [1.165, 1.54) is 4.31 Å². The molecule has 110 valence electrons. The van der Waals surface area contributed by atoms with Gasteiger partial charge in [0.15, 0.2) is 0 Å². The molecule has 0 bridgehead atoms. The van der Waals surface area contributed by atoms with E-state index in [-0.39, 0.29) is 5.75 Å². The van der Waals surface area contributed by atoms with E-state index in [9.17, 15) is 8.42 Å². The minimum atomic E-state index is -3.43. The summed E-state index contributed by atoms with van der Waals surface area (Å²) in [5.74, 6) is 0.694. The van der Waals surface area contributed by atoms with Crippen molar-refractivity contribution in [1.29, 1.82) is 0 Å². The summed E-state index contributed by atoms with van der Waals surface area (Å²) in [6, 6.07) is 14.7. The van der Waals surface area contributed by atoms with Crippen molar-refractivity contribution < 1.29 is 8.42 Å². The number of hydrogen-bond acceptors (Lipinski definition) is 4. The second-order valence-electron chi connectivity index (χ2n) is 4.84. The zero-order valence-corrected chi connectivity index (χ0v) is 13.0. The molecule has 0 unspecified atom stereocenters. The van der Waals surface area contributed by atoms with Gasteiger partial charge in [-0.3, -0.25) is 4.31 Å². The number of fused-ring (bicyclic) bond motifs is 1. The minimum Gasteiger partial charge on any atom is -0.398 e. The van der Waals surface area contributed by atoms with Gasteiger partial charge in [-0.2, -0.15) is 0 Å². The molecule has 0 aliphatic carbocycles. The highest BCUT2D eigenvalue weighted by molar-refractivity contribution is 8.00. The largest absolute Gasteiger partial charge is 0.398 e. The molecule has 0 radical (unpaired) electrons. The molecule has 3 rings (SSSR count). The number of nitrogens with zero attached hydrogens (tertiary/aromatic N) is 1. The van der Waals surface area contributed by atoms with Gasteiger partial charge in [0.1, 0.15) is 0 Å². The van der Waals surface area contributed by atoms with Crippen LogP contribution in [-0.2, 0) is 15.8 Å². The highest BCUT2D eigenvalue weighted by Crippen LogP contribution is 2.36. The summed E-state index contributed by atoms with van der Waals surface area (Å²) in [5.41, 5.74) is 7.79.